The second-order valence-electron chi connectivity index (χ2n) is 3.20. The Hall–Kier alpha value is -1.90. The van der Waals surface area contributed by atoms with Crippen LogP contribution in [0, 0.1) is 6.92 Å². The summed E-state index contributed by atoms with van der Waals surface area (Å²) in [5.74, 6) is 0.533. The standard InChI is InChI=1S/C13H14FNO/c1-4-12(8-7-11(3)14)16-13-10(2)6-5-9-15-13/h4-9H,3H2,1-2H3/b8-7-,12-4+. The fourth-order valence-corrected chi connectivity index (χ4v) is 1.05. The number of hydrogen-bond donors (Lipinski definition) is 0. The van der Waals surface area contributed by atoms with Crippen LogP contribution < -0.4 is 4.74 Å². The van der Waals surface area contributed by atoms with Gasteiger partial charge < -0.3 is 4.74 Å². The van der Waals surface area contributed by atoms with Crippen LogP contribution in [0.4, 0.5) is 4.39 Å². The van der Waals surface area contributed by atoms with Crippen LogP contribution in [0.5, 0.6) is 5.88 Å². The number of hydrogen-bond acceptors (Lipinski definition) is 2. The Balaban J connectivity index is 2.80. The predicted octanol–water partition coefficient (Wildman–Crippen LogP) is 3.71. The van der Waals surface area contributed by atoms with Gasteiger partial charge in [-0.2, -0.15) is 0 Å². The zero-order valence-electron chi connectivity index (χ0n) is 9.40. The third-order valence-electron chi connectivity index (χ3n) is 1.89. The molecule has 0 aliphatic heterocycles. The first-order valence-electron chi connectivity index (χ1n) is 4.91. The van der Waals surface area contributed by atoms with Gasteiger partial charge in [0.2, 0.25) is 5.88 Å². The smallest absolute Gasteiger partial charge is 0.222 e. The minimum atomic E-state index is -0.513. The molecule has 0 atom stereocenters. The van der Waals surface area contributed by atoms with Gasteiger partial charge in [0.1, 0.15) is 11.6 Å². The van der Waals surface area contributed by atoms with E-state index in [-0.39, 0.29) is 0 Å². The van der Waals surface area contributed by atoms with Crippen LogP contribution in [0.2, 0.25) is 0 Å². The highest BCUT2D eigenvalue weighted by Crippen LogP contribution is 2.16. The van der Waals surface area contributed by atoms with Crippen LogP contribution in [0.3, 0.4) is 0 Å². The summed E-state index contributed by atoms with van der Waals surface area (Å²) < 4.78 is 17.9. The SMILES string of the molecule is C=C(F)/C=C\C(=C/C)Oc1ncccc1C. The molecule has 0 unspecified atom stereocenters. The van der Waals surface area contributed by atoms with Crippen LogP contribution in [-0.4, -0.2) is 4.98 Å². The van der Waals surface area contributed by atoms with E-state index in [1.165, 1.54) is 12.2 Å². The fraction of sp³-hybridized carbons (Fsp3) is 0.154. The second kappa shape index (κ2) is 5.85. The van der Waals surface area contributed by atoms with Crippen molar-refractivity contribution in [2.45, 2.75) is 13.8 Å². The second-order valence-corrected chi connectivity index (χ2v) is 3.20. The lowest BCUT2D eigenvalue weighted by Crippen LogP contribution is -1.96. The molecule has 1 heterocycles. The van der Waals surface area contributed by atoms with Crippen molar-refractivity contribution >= 4 is 0 Å². The molecule has 0 saturated heterocycles. The molecule has 3 heteroatoms. The van der Waals surface area contributed by atoms with Crippen LogP contribution in [-0.2, 0) is 0 Å². The van der Waals surface area contributed by atoms with Gasteiger partial charge in [-0.1, -0.05) is 12.6 Å². The van der Waals surface area contributed by atoms with Crippen LogP contribution >= 0.6 is 0 Å². The Morgan fingerprint density at radius 2 is 2.25 bits per heavy atom. The first-order valence-corrected chi connectivity index (χ1v) is 4.91. The van der Waals surface area contributed by atoms with E-state index in [4.69, 9.17) is 4.74 Å². The molecule has 0 aliphatic carbocycles. The first kappa shape index (κ1) is 12.2. The summed E-state index contributed by atoms with van der Waals surface area (Å²) in [5.41, 5.74) is 0.925. The molecule has 0 spiro atoms. The summed E-state index contributed by atoms with van der Waals surface area (Å²) in [6.45, 7) is 6.83. The van der Waals surface area contributed by atoms with Gasteiger partial charge in [0.05, 0.1) is 0 Å². The number of aryl methyl sites for hydroxylation is 1. The Morgan fingerprint density at radius 3 is 2.81 bits per heavy atom. The molecule has 0 saturated carbocycles. The van der Waals surface area contributed by atoms with E-state index in [2.05, 4.69) is 11.6 Å². The van der Waals surface area contributed by atoms with E-state index in [9.17, 15) is 4.39 Å². The molecular formula is C13H14FNO. The average molecular weight is 219 g/mol. The van der Waals surface area contributed by atoms with Crippen LogP contribution in [0.1, 0.15) is 12.5 Å². The number of halogens is 1. The highest BCUT2D eigenvalue weighted by Gasteiger charge is 2.01. The summed E-state index contributed by atoms with van der Waals surface area (Å²) in [6.07, 6.45) is 6.13. The Kier molecular flexibility index (Phi) is 4.45. The third-order valence-corrected chi connectivity index (χ3v) is 1.89. The number of nitrogens with zero attached hydrogens (tertiary/aromatic N) is 1. The zero-order chi connectivity index (χ0) is 12.0. The number of rotatable bonds is 4. The van der Waals surface area contributed by atoms with Crippen LogP contribution in [0.15, 0.2) is 54.7 Å². The van der Waals surface area contributed by atoms with Gasteiger partial charge >= 0.3 is 0 Å². The minimum Gasteiger partial charge on any atom is -0.439 e. The Bertz CT molecular complexity index is 435. The normalized spacial score (nSPS) is 11.8. The molecular weight excluding hydrogens is 205 g/mol. The van der Waals surface area contributed by atoms with E-state index in [1.54, 1.807) is 19.2 Å². The molecule has 0 amide bonds. The van der Waals surface area contributed by atoms with Gasteiger partial charge in [0, 0.05) is 11.8 Å². The molecule has 0 aromatic carbocycles. The average Bonchev–Trinajstić information content (AvgIpc) is 2.26. The first-order chi connectivity index (χ1) is 7.63. The van der Waals surface area contributed by atoms with Crippen molar-refractivity contribution in [3.8, 4) is 5.88 Å². The molecule has 84 valence electrons. The quantitative estimate of drug-likeness (QED) is 0.569. The van der Waals surface area contributed by atoms with Gasteiger partial charge in [-0.15, -0.1) is 0 Å². The molecule has 0 radical (unpaired) electrons. The van der Waals surface area contributed by atoms with Crippen molar-refractivity contribution < 1.29 is 9.13 Å². The summed E-state index contributed by atoms with van der Waals surface area (Å²) >= 11 is 0. The van der Waals surface area contributed by atoms with E-state index in [0.717, 1.165) is 5.56 Å². The minimum absolute atomic E-state index is 0.513. The molecule has 0 bridgehead atoms. The number of pyridine rings is 1. The molecule has 1 aromatic heterocycles. The maximum atomic E-state index is 12.4. The zero-order valence-corrected chi connectivity index (χ0v) is 9.40. The fourth-order valence-electron chi connectivity index (χ4n) is 1.05. The van der Waals surface area contributed by atoms with Gasteiger partial charge in [-0.05, 0) is 38.1 Å². The van der Waals surface area contributed by atoms with Gasteiger partial charge in [-0.25, -0.2) is 9.37 Å². The Morgan fingerprint density at radius 1 is 1.50 bits per heavy atom. The summed E-state index contributed by atoms with van der Waals surface area (Å²) in [5, 5.41) is 0. The molecule has 1 aromatic rings. The topological polar surface area (TPSA) is 22.1 Å². The van der Waals surface area contributed by atoms with Gasteiger partial charge in [0.25, 0.3) is 0 Å². The molecule has 0 aliphatic rings. The highest BCUT2D eigenvalue weighted by atomic mass is 19.1. The molecule has 2 nitrogen and oxygen atoms in total. The summed E-state index contributed by atoms with van der Waals surface area (Å²) in [6, 6.07) is 3.73. The van der Waals surface area contributed by atoms with Crippen molar-refractivity contribution in [1.29, 1.82) is 0 Å². The number of aromatic nitrogens is 1. The van der Waals surface area contributed by atoms with Crippen molar-refractivity contribution in [2.24, 2.45) is 0 Å². The van der Waals surface area contributed by atoms with E-state index in [0.29, 0.717) is 11.6 Å². The largest absolute Gasteiger partial charge is 0.439 e. The van der Waals surface area contributed by atoms with E-state index < -0.39 is 5.83 Å². The van der Waals surface area contributed by atoms with Crippen molar-refractivity contribution in [1.82, 2.24) is 4.98 Å². The van der Waals surface area contributed by atoms with Crippen LogP contribution in [0.25, 0.3) is 0 Å². The van der Waals surface area contributed by atoms with Crippen molar-refractivity contribution in [3.63, 3.8) is 0 Å². The molecule has 1 rings (SSSR count). The maximum Gasteiger partial charge on any atom is 0.222 e. The highest BCUT2D eigenvalue weighted by molar-refractivity contribution is 5.28. The van der Waals surface area contributed by atoms with Crippen molar-refractivity contribution in [3.05, 3.63) is 60.3 Å². The molecule has 0 N–H and O–H groups in total. The monoisotopic (exact) mass is 219 g/mol. The lowest BCUT2D eigenvalue weighted by Gasteiger charge is -2.06. The molecule has 0 fully saturated rings. The van der Waals surface area contributed by atoms with Gasteiger partial charge in [0.15, 0.2) is 0 Å². The maximum absolute atomic E-state index is 12.4. The lowest BCUT2D eigenvalue weighted by molar-refractivity contribution is 0.422. The van der Waals surface area contributed by atoms with E-state index >= 15 is 0 Å². The van der Waals surface area contributed by atoms with Crippen molar-refractivity contribution in [2.75, 3.05) is 0 Å². The molecule has 16 heavy (non-hydrogen) atoms. The summed E-state index contributed by atoms with van der Waals surface area (Å²) in [4.78, 5) is 4.08. The summed E-state index contributed by atoms with van der Waals surface area (Å²) in [7, 11) is 0. The third kappa shape index (κ3) is 3.69. The van der Waals surface area contributed by atoms with E-state index in [1.807, 2.05) is 19.1 Å². The number of allylic oxidation sites excluding steroid dienone is 4. The van der Waals surface area contributed by atoms with Gasteiger partial charge in [-0.3, -0.25) is 0 Å². The number of ether oxygens (including phenoxy) is 1. The predicted molar refractivity (Wildman–Crippen MR) is 62.7 cm³/mol. The Labute approximate surface area is 94.8 Å². The lowest BCUT2D eigenvalue weighted by atomic mass is 10.3.